The average molecular weight is 338 g/mol. The fraction of sp³-hybridized carbons (Fsp3) is 0.500. The summed E-state index contributed by atoms with van der Waals surface area (Å²) in [6.07, 6.45) is 0.114. The minimum atomic E-state index is 0.0392. The molecule has 0 spiro atoms. The monoisotopic (exact) mass is 338 g/mol. The molecular weight excluding hydrogens is 320 g/mol. The summed E-state index contributed by atoms with van der Waals surface area (Å²) in [7, 11) is 0. The zero-order chi connectivity index (χ0) is 15.7. The molecular formula is C14H18N4O2S2. The molecule has 1 fully saturated rings. The predicted octanol–water partition coefficient (Wildman–Crippen LogP) is 2.30. The van der Waals surface area contributed by atoms with Crippen LogP contribution in [0.2, 0.25) is 0 Å². The van der Waals surface area contributed by atoms with Gasteiger partial charge in [0.1, 0.15) is 6.54 Å². The van der Waals surface area contributed by atoms with Gasteiger partial charge >= 0.3 is 0 Å². The van der Waals surface area contributed by atoms with E-state index in [1.807, 2.05) is 36.3 Å². The summed E-state index contributed by atoms with van der Waals surface area (Å²) in [6.45, 7) is 5.39. The lowest BCUT2D eigenvalue weighted by molar-refractivity contribution is -0.143. The van der Waals surface area contributed by atoms with Crippen LogP contribution in [0.1, 0.15) is 13.8 Å². The number of nitrogens with zero attached hydrogens (tertiary/aromatic N) is 3. The van der Waals surface area contributed by atoms with Gasteiger partial charge in [-0.05, 0) is 37.5 Å². The molecule has 0 aromatic carbocycles. The number of carbonyl (C=O) groups is 1. The molecule has 22 heavy (non-hydrogen) atoms. The van der Waals surface area contributed by atoms with Crippen LogP contribution in [-0.2, 0) is 16.1 Å². The molecule has 0 radical (unpaired) electrons. The van der Waals surface area contributed by atoms with Crippen LogP contribution >= 0.6 is 23.6 Å². The number of rotatable bonds is 3. The van der Waals surface area contributed by atoms with E-state index in [0.717, 1.165) is 4.88 Å². The van der Waals surface area contributed by atoms with E-state index in [1.165, 1.54) is 0 Å². The van der Waals surface area contributed by atoms with Gasteiger partial charge in [0, 0.05) is 13.1 Å². The highest BCUT2D eigenvalue weighted by molar-refractivity contribution is 7.71. The van der Waals surface area contributed by atoms with Crippen LogP contribution in [0.5, 0.6) is 0 Å². The summed E-state index contributed by atoms with van der Waals surface area (Å²) in [4.78, 5) is 15.4. The van der Waals surface area contributed by atoms with Crippen molar-refractivity contribution in [1.82, 2.24) is 19.7 Å². The molecule has 2 atom stereocenters. The topological polar surface area (TPSA) is 63.2 Å². The van der Waals surface area contributed by atoms with E-state index >= 15 is 0 Å². The quantitative estimate of drug-likeness (QED) is 0.872. The third kappa shape index (κ3) is 3.13. The molecule has 0 unspecified atom stereocenters. The molecule has 3 rings (SSSR count). The number of aromatic amines is 1. The van der Waals surface area contributed by atoms with Crippen molar-refractivity contribution >= 4 is 29.5 Å². The van der Waals surface area contributed by atoms with E-state index in [0.29, 0.717) is 23.7 Å². The number of nitrogens with one attached hydrogen (secondary N) is 1. The van der Waals surface area contributed by atoms with Gasteiger partial charge in [-0.3, -0.25) is 14.5 Å². The summed E-state index contributed by atoms with van der Waals surface area (Å²) in [5.74, 6) is 0.750. The molecule has 1 N–H and O–H groups in total. The van der Waals surface area contributed by atoms with E-state index in [9.17, 15) is 4.79 Å². The van der Waals surface area contributed by atoms with Crippen molar-refractivity contribution in [3.05, 3.63) is 22.3 Å². The number of H-pyrrole nitrogens is 1. The second-order valence-corrected chi connectivity index (χ2v) is 6.81. The molecule has 1 aliphatic heterocycles. The first-order valence-corrected chi connectivity index (χ1v) is 8.45. The Kier molecular flexibility index (Phi) is 4.42. The summed E-state index contributed by atoms with van der Waals surface area (Å²) < 4.78 is 7.89. The first kappa shape index (κ1) is 15.4. The van der Waals surface area contributed by atoms with E-state index in [4.69, 9.17) is 17.0 Å². The van der Waals surface area contributed by atoms with Gasteiger partial charge in [-0.1, -0.05) is 6.07 Å². The normalized spacial score (nSPS) is 22.0. The van der Waals surface area contributed by atoms with E-state index < -0.39 is 0 Å². The SMILES string of the molecule is C[C@H]1CN(C(=O)Cn2c(-c3cccs3)n[nH]c2=S)C[C@H](C)O1. The number of morpholine rings is 1. The molecule has 1 amide bonds. The first-order chi connectivity index (χ1) is 10.5. The van der Waals surface area contributed by atoms with Crippen LogP contribution in [0.3, 0.4) is 0 Å². The minimum Gasteiger partial charge on any atom is -0.372 e. The Morgan fingerprint density at radius 2 is 2.23 bits per heavy atom. The van der Waals surface area contributed by atoms with Gasteiger partial charge in [0.25, 0.3) is 0 Å². The van der Waals surface area contributed by atoms with E-state index in [1.54, 1.807) is 15.9 Å². The van der Waals surface area contributed by atoms with Gasteiger partial charge in [0.05, 0.1) is 17.1 Å². The van der Waals surface area contributed by atoms with Crippen molar-refractivity contribution in [2.75, 3.05) is 13.1 Å². The Bertz CT molecular complexity index is 697. The Labute approximate surface area is 137 Å². The number of aromatic nitrogens is 3. The van der Waals surface area contributed by atoms with Crippen LogP contribution in [0.15, 0.2) is 17.5 Å². The molecule has 2 aromatic rings. The largest absolute Gasteiger partial charge is 0.372 e. The maximum atomic E-state index is 12.6. The number of thiophene rings is 1. The molecule has 3 heterocycles. The van der Waals surface area contributed by atoms with E-state index in [2.05, 4.69) is 10.2 Å². The summed E-state index contributed by atoms with van der Waals surface area (Å²) in [5, 5.41) is 9.00. The zero-order valence-electron chi connectivity index (χ0n) is 12.5. The Balaban J connectivity index is 1.80. The number of hydrogen-bond acceptors (Lipinski definition) is 5. The molecule has 6 nitrogen and oxygen atoms in total. The average Bonchev–Trinajstić information content (AvgIpc) is 3.08. The predicted molar refractivity (Wildman–Crippen MR) is 87.3 cm³/mol. The third-order valence-corrected chi connectivity index (χ3v) is 4.74. The third-order valence-electron chi connectivity index (χ3n) is 3.57. The molecule has 0 saturated carbocycles. The maximum Gasteiger partial charge on any atom is 0.242 e. The molecule has 1 aliphatic rings. The first-order valence-electron chi connectivity index (χ1n) is 7.17. The van der Waals surface area contributed by atoms with Gasteiger partial charge < -0.3 is 9.64 Å². The minimum absolute atomic E-state index is 0.0392. The summed E-state index contributed by atoms with van der Waals surface area (Å²) >= 11 is 6.84. The molecule has 0 bridgehead atoms. The second kappa shape index (κ2) is 6.31. The highest BCUT2D eigenvalue weighted by Crippen LogP contribution is 2.23. The van der Waals surface area contributed by atoms with Gasteiger partial charge in [0.15, 0.2) is 10.6 Å². The van der Waals surface area contributed by atoms with Crippen molar-refractivity contribution in [2.24, 2.45) is 0 Å². The highest BCUT2D eigenvalue weighted by atomic mass is 32.1. The number of amides is 1. The Morgan fingerprint density at radius 3 is 2.86 bits per heavy atom. The highest BCUT2D eigenvalue weighted by Gasteiger charge is 2.26. The maximum absolute atomic E-state index is 12.6. The van der Waals surface area contributed by atoms with Gasteiger partial charge in [-0.25, -0.2) is 0 Å². The van der Waals surface area contributed by atoms with Crippen LogP contribution in [0.4, 0.5) is 0 Å². The van der Waals surface area contributed by atoms with Crippen LogP contribution in [-0.4, -0.2) is 50.9 Å². The lowest BCUT2D eigenvalue weighted by Gasteiger charge is -2.35. The van der Waals surface area contributed by atoms with E-state index in [-0.39, 0.29) is 24.7 Å². The molecule has 0 aliphatic carbocycles. The fourth-order valence-electron chi connectivity index (χ4n) is 2.68. The van der Waals surface area contributed by atoms with Crippen molar-refractivity contribution < 1.29 is 9.53 Å². The van der Waals surface area contributed by atoms with Crippen molar-refractivity contribution in [3.63, 3.8) is 0 Å². The number of ether oxygens (including phenoxy) is 1. The second-order valence-electron chi connectivity index (χ2n) is 5.47. The van der Waals surface area contributed by atoms with Crippen molar-refractivity contribution in [1.29, 1.82) is 0 Å². The van der Waals surface area contributed by atoms with Gasteiger partial charge in [-0.15, -0.1) is 11.3 Å². The Morgan fingerprint density at radius 1 is 1.50 bits per heavy atom. The fourth-order valence-corrected chi connectivity index (χ4v) is 3.59. The molecule has 8 heteroatoms. The summed E-state index contributed by atoms with van der Waals surface area (Å²) in [5.41, 5.74) is 0. The van der Waals surface area contributed by atoms with Crippen molar-refractivity contribution in [2.45, 2.75) is 32.6 Å². The smallest absolute Gasteiger partial charge is 0.242 e. The van der Waals surface area contributed by atoms with Crippen LogP contribution < -0.4 is 0 Å². The van der Waals surface area contributed by atoms with Gasteiger partial charge in [-0.2, -0.15) is 5.10 Å². The van der Waals surface area contributed by atoms with Crippen molar-refractivity contribution in [3.8, 4) is 10.7 Å². The standard InChI is InChI=1S/C14H18N4O2S2/c1-9-6-17(7-10(2)20-9)12(19)8-18-13(15-16-14(18)21)11-4-3-5-22-11/h3-5,9-10H,6-8H2,1-2H3,(H,16,21)/t9-,10-/m0/s1. The lowest BCUT2D eigenvalue weighted by Crippen LogP contribution is -2.49. The Hall–Kier alpha value is -1.51. The summed E-state index contributed by atoms with van der Waals surface area (Å²) in [6, 6.07) is 3.92. The zero-order valence-corrected chi connectivity index (χ0v) is 14.1. The molecule has 118 valence electrons. The van der Waals surface area contributed by atoms with Crippen LogP contribution in [0, 0.1) is 4.77 Å². The number of carbonyl (C=O) groups excluding carboxylic acids is 1. The molecule has 2 aromatic heterocycles. The lowest BCUT2D eigenvalue weighted by atomic mass is 10.2. The number of hydrogen-bond donors (Lipinski definition) is 1. The van der Waals surface area contributed by atoms with Gasteiger partial charge in [0.2, 0.25) is 5.91 Å². The van der Waals surface area contributed by atoms with Crippen LogP contribution in [0.25, 0.3) is 10.7 Å². The molecule has 1 saturated heterocycles.